The molecule has 0 saturated heterocycles. The number of nitrogens with one attached hydrogen (secondary N) is 1. The van der Waals surface area contributed by atoms with E-state index < -0.39 is 6.10 Å². The molecule has 2 heterocycles. The summed E-state index contributed by atoms with van der Waals surface area (Å²) in [7, 11) is 0. The van der Waals surface area contributed by atoms with Gasteiger partial charge in [-0.05, 0) is 36.0 Å². The van der Waals surface area contributed by atoms with Gasteiger partial charge >= 0.3 is 0 Å². The fourth-order valence-corrected chi connectivity index (χ4v) is 3.66. The lowest BCUT2D eigenvalue weighted by atomic mass is 10.00. The standard InChI is InChI=1S/C17H20N4OS/c1-12-16(8-18)17(23-20-12)19-9-15(22)11-21-7-6-13-4-2-3-5-14(13)10-21/h2-5,15,19,22H,6-7,9-11H2,1H3. The van der Waals surface area contributed by atoms with Crippen molar-refractivity contribution in [2.45, 2.75) is 26.0 Å². The van der Waals surface area contributed by atoms with Crippen molar-refractivity contribution >= 4 is 16.5 Å². The van der Waals surface area contributed by atoms with Crippen LogP contribution in [0.1, 0.15) is 22.4 Å². The van der Waals surface area contributed by atoms with Crippen molar-refractivity contribution in [1.82, 2.24) is 9.27 Å². The Balaban J connectivity index is 1.52. The summed E-state index contributed by atoms with van der Waals surface area (Å²) in [6.45, 7) is 4.73. The van der Waals surface area contributed by atoms with Gasteiger partial charge in [-0.3, -0.25) is 4.90 Å². The average molecular weight is 328 g/mol. The normalized spacial score (nSPS) is 15.7. The highest BCUT2D eigenvalue weighted by Crippen LogP contribution is 2.23. The molecule has 0 saturated carbocycles. The van der Waals surface area contributed by atoms with E-state index in [9.17, 15) is 5.11 Å². The van der Waals surface area contributed by atoms with Crippen LogP contribution in [0.15, 0.2) is 24.3 Å². The summed E-state index contributed by atoms with van der Waals surface area (Å²) in [5.41, 5.74) is 4.08. The monoisotopic (exact) mass is 328 g/mol. The molecule has 6 heteroatoms. The third-order valence-corrected chi connectivity index (χ3v) is 5.05. The fourth-order valence-electron chi connectivity index (χ4n) is 2.91. The zero-order valence-corrected chi connectivity index (χ0v) is 13.9. The van der Waals surface area contributed by atoms with Crippen LogP contribution in [-0.2, 0) is 13.0 Å². The molecule has 0 radical (unpaired) electrons. The van der Waals surface area contributed by atoms with Crippen molar-refractivity contribution in [1.29, 1.82) is 5.26 Å². The smallest absolute Gasteiger partial charge is 0.127 e. The maximum Gasteiger partial charge on any atom is 0.127 e. The summed E-state index contributed by atoms with van der Waals surface area (Å²) in [6, 6.07) is 10.6. The van der Waals surface area contributed by atoms with Crippen molar-refractivity contribution < 1.29 is 5.11 Å². The molecule has 0 bridgehead atoms. The van der Waals surface area contributed by atoms with E-state index in [0.29, 0.717) is 18.7 Å². The number of aliphatic hydroxyl groups excluding tert-OH is 1. The first kappa shape index (κ1) is 15.9. The molecule has 0 fully saturated rings. The second-order valence-corrected chi connectivity index (χ2v) is 6.65. The number of hydrogen-bond acceptors (Lipinski definition) is 6. The number of nitrogens with zero attached hydrogens (tertiary/aromatic N) is 3. The number of rotatable bonds is 5. The van der Waals surface area contributed by atoms with Crippen LogP contribution in [-0.4, -0.2) is 40.1 Å². The minimum Gasteiger partial charge on any atom is -0.390 e. The Morgan fingerprint density at radius 1 is 1.43 bits per heavy atom. The van der Waals surface area contributed by atoms with Crippen LogP contribution in [0, 0.1) is 18.3 Å². The van der Waals surface area contributed by atoms with Gasteiger partial charge in [-0.25, -0.2) is 0 Å². The number of hydrogen-bond donors (Lipinski definition) is 2. The molecule has 23 heavy (non-hydrogen) atoms. The predicted molar refractivity (Wildman–Crippen MR) is 91.5 cm³/mol. The van der Waals surface area contributed by atoms with Crippen molar-refractivity contribution in [3.8, 4) is 6.07 Å². The lowest BCUT2D eigenvalue weighted by Crippen LogP contribution is -2.39. The van der Waals surface area contributed by atoms with Gasteiger partial charge in [-0.2, -0.15) is 9.64 Å². The number of aromatic nitrogens is 1. The van der Waals surface area contributed by atoms with Crippen molar-refractivity contribution in [3.63, 3.8) is 0 Å². The average Bonchev–Trinajstić information content (AvgIpc) is 2.92. The van der Waals surface area contributed by atoms with E-state index in [2.05, 4.69) is 44.9 Å². The molecule has 0 amide bonds. The van der Waals surface area contributed by atoms with Gasteiger partial charge in [0.25, 0.3) is 0 Å². The van der Waals surface area contributed by atoms with E-state index in [1.54, 1.807) is 0 Å². The quantitative estimate of drug-likeness (QED) is 0.880. The number of aryl methyl sites for hydroxylation is 1. The number of fused-ring (bicyclic) bond motifs is 1. The highest BCUT2D eigenvalue weighted by Gasteiger charge is 2.19. The summed E-state index contributed by atoms with van der Waals surface area (Å²) in [6.07, 6.45) is 0.553. The van der Waals surface area contributed by atoms with Crippen LogP contribution in [0.4, 0.5) is 5.00 Å². The molecule has 0 aliphatic carbocycles. The summed E-state index contributed by atoms with van der Waals surface area (Å²) in [5.74, 6) is 0. The molecule has 1 aliphatic rings. The maximum atomic E-state index is 10.3. The first-order chi connectivity index (χ1) is 11.2. The molecule has 0 spiro atoms. The van der Waals surface area contributed by atoms with Gasteiger partial charge < -0.3 is 10.4 Å². The van der Waals surface area contributed by atoms with Gasteiger partial charge in [0.1, 0.15) is 16.6 Å². The van der Waals surface area contributed by atoms with E-state index >= 15 is 0 Å². The van der Waals surface area contributed by atoms with Crippen molar-refractivity contribution in [2.75, 3.05) is 25.0 Å². The summed E-state index contributed by atoms with van der Waals surface area (Å²) < 4.78 is 4.17. The molecule has 1 aromatic heterocycles. The van der Waals surface area contributed by atoms with Gasteiger partial charge in [-0.1, -0.05) is 24.3 Å². The van der Waals surface area contributed by atoms with Crippen LogP contribution < -0.4 is 5.32 Å². The predicted octanol–water partition coefficient (Wildman–Crippen LogP) is 2.15. The Kier molecular flexibility index (Phi) is 4.91. The Hall–Kier alpha value is -1.94. The molecule has 2 aromatic rings. The minimum absolute atomic E-state index is 0.425. The number of anilines is 1. The first-order valence-corrected chi connectivity index (χ1v) is 8.52. The minimum atomic E-state index is -0.478. The zero-order valence-electron chi connectivity index (χ0n) is 13.1. The third kappa shape index (κ3) is 3.70. The Morgan fingerprint density at radius 2 is 2.22 bits per heavy atom. The van der Waals surface area contributed by atoms with E-state index in [0.717, 1.165) is 30.2 Å². The van der Waals surface area contributed by atoms with Gasteiger partial charge in [0.05, 0.1) is 11.8 Å². The molecular weight excluding hydrogens is 308 g/mol. The Bertz CT molecular complexity index is 722. The maximum absolute atomic E-state index is 10.3. The first-order valence-electron chi connectivity index (χ1n) is 7.75. The highest BCUT2D eigenvalue weighted by atomic mass is 32.1. The Labute approximate surface area is 140 Å². The molecular formula is C17H20N4OS. The van der Waals surface area contributed by atoms with Crippen LogP contribution >= 0.6 is 11.5 Å². The number of benzene rings is 1. The van der Waals surface area contributed by atoms with Crippen molar-refractivity contribution in [2.24, 2.45) is 0 Å². The van der Waals surface area contributed by atoms with Crippen LogP contribution in [0.3, 0.4) is 0 Å². The molecule has 5 nitrogen and oxygen atoms in total. The van der Waals surface area contributed by atoms with E-state index in [1.165, 1.54) is 22.7 Å². The lowest BCUT2D eigenvalue weighted by Gasteiger charge is -2.30. The zero-order chi connectivity index (χ0) is 16.2. The highest BCUT2D eigenvalue weighted by molar-refractivity contribution is 7.10. The lowest BCUT2D eigenvalue weighted by molar-refractivity contribution is 0.114. The van der Waals surface area contributed by atoms with E-state index in [4.69, 9.17) is 5.26 Å². The fraction of sp³-hybridized carbons (Fsp3) is 0.412. The topological polar surface area (TPSA) is 72.2 Å². The second-order valence-electron chi connectivity index (χ2n) is 5.87. The number of β-amino-alcohol motifs (C(OH)–C–C–N with tert-alkyl or cyclic N) is 1. The number of aliphatic hydroxyl groups is 1. The summed E-state index contributed by atoms with van der Waals surface area (Å²) >= 11 is 1.27. The molecule has 2 N–H and O–H groups in total. The number of nitriles is 1. The van der Waals surface area contributed by atoms with Crippen molar-refractivity contribution in [3.05, 3.63) is 46.6 Å². The third-order valence-electron chi connectivity index (χ3n) is 4.15. The molecule has 120 valence electrons. The van der Waals surface area contributed by atoms with E-state index in [1.807, 2.05) is 6.92 Å². The molecule has 1 atom stereocenters. The van der Waals surface area contributed by atoms with Gasteiger partial charge in [-0.15, -0.1) is 0 Å². The SMILES string of the molecule is Cc1nsc(NCC(O)CN2CCc3ccccc3C2)c1C#N. The molecule has 1 aliphatic heterocycles. The molecule has 1 aromatic carbocycles. The summed E-state index contributed by atoms with van der Waals surface area (Å²) in [5, 5.41) is 23.3. The van der Waals surface area contributed by atoms with Gasteiger partial charge in [0.15, 0.2) is 0 Å². The van der Waals surface area contributed by atoms with Gasteiger partial charge in [0.2, 0.25) is 0 Å². The van der Waals surface area contributed by atoms with E-state index in [-0.39, 0.29) is 0 Å². The second kappa shape index (κ2) is 7.09. The molecule has 1 unspecified atom stereocenters. The van der Waals surface area contributed by atoms with Crippen LogP contribution in [0.5, 0.6) is 0 Å². The summed E-state index contributed by atoms with van der Waals surface area (Å²) in [4.78, 5) is 2.28. The van der Waals surface area contributed by atoms with Gasteiger partial charge in [0, 0.05) is 26.2 Å². The Morgan fingerprint density at radius 3 is 3.00 bits per heavy atom. The van der Waals surface area contributed by atoms with Crippen LogP contribution in [0.2, 0.25) is 0 Å². The largest absolute Gasteiger partial charge is 0.390 e. The molecule has 3 rings (SSSR count). The van der Waals surface area contributed by atoms with Crippen LogP contribution in [0.25, 0.3) is 0 Å².